The van der Waals surface area contributed by atoms with Crippen molar-refractivity contribution in [2.24, 2.45) is 5.92 Å². The Bertz CT molecular complexity index is 286. The van der Waals surface area contributed by atoms with Crippen LogP contribution in [0, 0.1) is 5.92 Å². The molecule has 0 aromatic rings. The summed E-state index contributed by atoms with van der Waals surface area (Å²) in [6.45, 7) is 1.95. The largest absolute Gasteiger partial charge is 0.481 e. The van der Waals surface area contributed by atoms with E-state index >= 15 is 0 Å². The van der Waals surface area contributed by atoms with Gasteiger partial charge in [-0.2, -0.15) is 11.8 Å². The summed E-state index contributed by atoms with van der Waals surface area (Å²) in [5.41, 5.74) is 0. The number of carboxylic acids is 1. The zero-order valence-corrected chi connectivity index (χ0v) is 11.0. The van der Waals surface area contributed by atoms with E-state index in [0.29, 0.717) is 12.8 Å². The maximum Gasteiger partial charge on any atom is 0.315 e. The van der Waals surface area contributed by atoms with Gasteiger partial charge in [-0.3, -0.25) is 4.79 Å². The number of hydrogen-bond acceptors (Lipinski definition) is 3. The molecule has 1 saturated carbocycles. The third-order valence-corrected chi connectivity index (χ3v) is 3.74. The molecule has 2 amide bonds. The molecule has 5 nitrogen and oxygen atoms in total. The predicted molar refractivity (Wildman–Crippen MR) is 68.3 cm³/mol. The van der Waals surface area contributed by atoms with E-state index < -0.39 is 5.97 Å². The maximum absolute atomic E-state index is 11.6. The molecule has 0 heterocycles. The first-order valence-corrected chi connectivity index (χ1v) is 7.21. The molecule has 0 aliphatic heterocycles. The number of carbonyl (C=O) groups is 2. The number of carboxylic acid groups (broad SMARTS) is 1. The monoisotopic (exact) mass is 260 g/mol. The first-order valence-electron chi connectivity index (χ1n) is 5.81. The highest BCUT2D eigenvalue weighted by atomic mass is 32.2. The number of hydrogen-bond donors (Lipinski definition) is 3. The lowest BCUT2D eigenvalue weighted by atomic mass is 10.1. The zero-order valence-electron chi connectivity index (χ0n) is 10.2. The number of urea groups is 1. The van der Waals surface area contributed by atoms with Gasteiger partial charge in [0.25, 0.3) is 0 Å². The zero-order chi connectivity index (χ0) is 12.8. The summed E-state index contributed by atoms with van der Waals surface area (Å²) in [7, 11) is 0. The smallest absolute Gasteiger partial charge is 0.315 e. The van der Waals surface area contributed by atoms with Crippen LogP contribution >= 0.6 is 11.8 Å². The van der Waals surface area contributed by atoms with Gasteiger partial charge >= 0.3 is 12.0 Å². The van der Waals surface area contributed by atoms with Crippen LogP contribution < -0.4 is 10.6 Å². The molecular weight excluding hydrogens is 240 g/mol. The molecule has 0 saturated heterocycles. The first kappa shape index (κ1) is 14.2. The van der Waals surface area contributed by atoms with Crippen LogP contribution in [0.15, 0.2) is 0 Å². The predicted octanol–water partition coefficient (Wildman–Crippen LogP) is 1.29. The van der Waals surface area contributed by atoms with E-state index in [-0.39, 0.29) is 24.0 Å². The molecule has 1 aliphatic rings. The van der Waals surface area contributed by atoms with Gasteiger partial charge in [0, 0.05) is 17.8 Å². The number of nitrogens with one attached hydrogen (secondary N) is 2. The minimum atomic E-state index is -0.759. The van der Waals surface area contributed by atoms with Gasteiger partial charge in [0.15, 0.2) is 0 Å². The number of rotatable bonds is 5. The fourth-order valence-corrected chi connectivity index (χ4v) is 2.66. The Labute approximate surface area is 106 Å². The van der Waals surface area contributed by atoms with Crippen molar-refractivity contribution < 1.29 is 14.7 Å². The molecule has 1 rings (SSSR count). The van der Waals surface area contributed by atoms with Crippen LogP contribution in [-0.2, 0) is 4.79 Å². The summed E-state index contributed by atoms with van der Waals surface area (Å²) in [5.74, 6) is -0.190. The lowest BCUT2D eigenvalue weighted by Crippen LogP contribution is -2.45. The summed E-state index contributed by atoms with van der Waals surface area (Å²) >= 11 is 1.68. The van der Waals surface area contributed by atoms with Gasteiger partial charge < -0.3 is 15.7 Å². The molecule has 3 N–H and O–H groups in total. The van der Waals surface area contributed by atoms with E-state index in [1.165, 1.54) is 0 Å². The Balaban J connectivity index is 2.26. The van der Waals surface area contributed by atoms with Crippen molar-refractivity contribution >= 4 is 23.8 Å². The van der Waals surface area contributed by atoms with Crippen molar-refractivity contribution in [1.82, 2.24) is 10.6 Å². The molecule has 0 spiro atoms. The summed E-state index contributed by atoms with van der Waals surface area (Å²) < 4.78 is 0. The minimum Gasteiger partial charge on any atom is -0.481 e. The van der Waals surface area contributed by atoms with Crippen LogP contribution in [0.5, 0.6) is 0 Å². The van der Waals surface area contributed by atoms with Crippen molar-refractivity contribution in [2.45, 2.75) is 38.3 Å². The second-order valence-corrected chi connectivity index (χ2v) is 5.43. The number of aliphatic carboxylic acids is 1. The molecule has 3 atom stereocenters. The first-order chi connectivity index (χ1) is 8.02. The number of carbonyl (C=O) groups excluding carboxylic acids is 1. The average molecular weight is 260 g/mol. The Morgan fingerprint density at radius 1 is 1.47 bits per heavy atom. The van der Waals surface area contributed by atoms with Gasteiger partial charge in [-0.15, -0.1) is 0 Å². The van der Waals surface area contributed by atoms with E-state index in [0.717, 1.165) is 12.2 Å². The van der Waals surface area contributed by atoms with Crippen molar-refractivity contribution in [3.63, 3.8) is 0 Å². The molecule has 17 heavy (non-hydrogen) atoms. The topological polar surface area (TPSA) is 78.4 Å². The van der Waals surface area contributed by atoms with Gasteiger partial charge in [0.2, 0.25) is 0 Å². The summed E-state index contributed by atoms with van der Waals surface area (Å²) in [6.07, 6.45) is 3.94. The number of thioether (sulfide) groups is 1. The quantitative estimate of drug-likeness (QED) is 0.696. The highest BCUT2D eigenvalue weighted by Crippen LogP contribution is 2.25. The van der Waals surface area contributed by atoms with Crippen molar-refractivity contribution in [2.75, 3.05) is 12.0 Å². The summed E-state index contributed by atoms with van der Waals surface area (Å²) in [5, 5.41) is 14.5. The minimum absolute atomic E-state index is 0.00224. The molecule has 0 bridgehead atoms. The standard InChI is InChI=1S/C11H20N2O3S/c1-7(6-17-2)12-11(16)13-9-4-3-8(5-9)10(14)15/h7-9H,3-6H2,1-2H3,(H,14,15)(H2,12,13,16). The lowest BCUT2D eigenvalue weighted by Gasteiger charge is -2.17. The van der Waals surface area contributed by atoms with Crippen molar-refractivity contribution in [3.05, 3.63) is 0 Å². The van der Waals surface area contributed by atoms with E-state index in [4.69, 9.17) is 5.11 Å². The van der Waals surface area contributed by atoms with Crippen LogP contribution in [0.25, 0.3) is 0 Å². The molecule has 1 fully saturated rings. The van der Waals surface area contributed by atoms with Gasteiger partial charge in [0.1, 0.15) is 0 Å². The van der Waals surface area contributed by atoms with Crippen molar-refractivity contribution in [1.29, 1.82) is 0 Å². The molecular formula is C11H20N2O3S. The Hall–Kier alpha value is -0.910. The molecule has 1 aliphatic carbocycles. The van der Waals surface area contributed by atoms with Gasteiger partial charge in [0.05, 0.1) is 5.92 Å². The van der Waals surface area contributed by atoms with Crippen LogP contribution in [0.3, 0.4) is 0 Å². The second kappa shape index (κ2) is 6.74. The maximum atomic E-state index is 11.6. The van der Waals surface area contributed by atoms with Gasteiger partial charge in [-0.25, -0.2) is 4.79 Å². The molecule has 0 radical (unpaired) electrons. The normalized spacial score (nSPS) is 25.3. The van der Waals surface area contributed by atoms with Crippen LogP contribution in [0.1, 0.15) is 26.2 Å². The molecule has 3 unspecified atom stereocenters. The molecule has 98 valence electrons. The molecule has 6 heteroatoms. The average Bonchev–Trinajstić information content (AvgIpc) is 2.66. The molecule has 0 aromatic carbocycles. The lowest BCUT2D eigenvalue weighted by molar-refractivity contribution is -0.141. The van der Waals surface area contributed by atoms with E-state index in [1.54, 1.807) is 11.8 Å². The third-order valence-electron chi connectivity index (χ3n) is 2.91. The number of amides is 2. The fraction of sp³-hybridized carbons (Fsp3) is 0.818. The van der Waals surface area contributed by atoms with Crippen LogP contribution in [0.2, 0.25) is 0 Å². The van der Waals surface area contributed by atoms with E-state index in [9.17, 15) is 9.59 Å². The van der Waals surface area contributed by atoms with Gasteiger partial charge in [-0.05, 0) is 32.4 Å². The highest BCUT2D eigenvalue weighted by molar-refractivity contribution is 7.98. The third kappa shape index (κ3) is 4.85. The SMILES string of the molecule is CSCC(C)NC(=O)NC1CCC(C(=O)O)C1. The second-order valence-electron chi connectivity index (χ2n) is 4.52. The Kier molecular flexibility index (Phi) is 5.61. The van der Waals surface area contributed by atoms with Crippen LogP contribution in [-0.4, -0.2) is 41.2 Å². The van der Waals surface area contributed by atoms with E-state index in [2.05, 4.69) is 10.6 Å². The highest BCUT2D eigenvalue weighted by Gasteiger charge is 2.30. The Morgan fingerprint density at radius 3 is 2.71 bits per heavy atom. The van der Waals surface area contributed by atoms with Gasteiger partial charge in [-0.1, -0.05) is 0 Å². The molecule has 0 aromatic heterocycles. The summed E-state index contributed by atoms with van der Waals surface area (Å²) in [6, 6.07) is -0.0677. The summed E-state index contributed by atoms with van der Waals surface area (Å²) in [4.78, 5) is 22.3. The Morgan fingerprint density at radius 2 is 2.18 bits per heavy atom. The van der Waals surface area contributed by atoms with E-state index in [1.807, 2.05) is 13.2 Å². The van der Waals surface area contributed by atoms with Crippen molar-refractivity contribution in [3.8, 4) is 0 Å². The van der Waals surface area contributed by atoms with Crippen LogP contribution in [0.4, 0.5) is 4.79 Å². The fourth-order valence-electron chi connectivity index (χ4n) is 2.08.